The summed E-state index contributed by atoms with van der Waals surface area (Å²) in [6, 6.07) is 16.0. The van der Waals surface area contributed by atoms with Crippen LogP contribution in [0.2, 0.25) is 0 Å². The average Bonchev–Trinajstić information content (AvgIpc) is 3.52. The van der Waals surface area contributed by atoms with Crippen molar-refractivity contribution in [1.29, 1.82) is 5.26 Å². The number of hydrogen-bond acceptors (Lipinski definition) is 8. The van der Waals surface area contributed by atoms with Crippen LogP contribution in [0.3, 0.4) is 0 Å². The molecule has 44 heavy (non-hydrogen) atoms. The molecule has 0 N–H and O–H groups in total. The van der Waals surface area contributed by atoms with Gasteiger partial charge in [-0.15, -0.1) is 0 Å². The van der Waals surface area contributed by atoms with Crippen LogP contribution in [0.25, 0.3) is 10.8 Å². The van der Waals surface area contributed by atoms with Gasteiger partial charge in [-0.3, -0.25) is 4.79 Å². The maximum Gasteiger partial charge on any atom is 0.318 e. The highest BCUT2D eigenvalue weighted by Crippen LogP contribution is 2.36. The van der Waals surface area contributed by atoms with E-state index >= 15 is 0 Å². The van der Waals surface area contributed by atoms with E-state index in [9.17, 15) is 10.1 Å². The Balaban J connectivity index is 1.32. The fourth-order valence-electron chi connectivity index (χ4n) is 7.29. The quantitative estimate of drug-likeness (QED) is 0.347. The van der Waals surface area contributed by atoms with Crippen LogP contribution in [0.1, 0.15) is 42.5 Å². The van der Waals surface area contributed by atoms with Crippen LogP contribution in [0, 0.1) is 24.2 Å². The minimum absolute atomic E-state index is 0.132. The molecule has 0 spiro atoms. The highest BCUT2D eigenvalue weighted by Gasteiger charge is 2.34. The largest absolute Gasteiger partial charge is 0.463 e. The fourth-order valence-corrected chi connectivity index (χ4v) is 7.29. The first-order valence-electron chi connectivity index (χ1n) is 15.8. The number of rotatable bonds is 8. The topological polar surface area (TPSA) is 88.8 Å². The van der Waals surface area contributed by atoms with Gasteiger partial charge in [0.1, 0.15) is 5.82 Å². The molecule has 1 aliphatic carbocycles. The molecular weight excluding hydrogens is 550 g/mol. The molecule has 1 saturated carbocycles. The van der Waals surface area contributed by atoms with Crippen molar-refractivity contribution in [2.75, 3.05) is 56.7 Å². The van der Waals surface area contributed by atoms with Gasteiger partial charge in [0, 0.05) is 48.9 Å². The van der Waals surface area contributed by atoms with Crippen molar-refractivity contribution in [3.05, 3.63) is 65.9 Å². The smallest absolute Gasteiger partial charge is 0.318 e. The molecular formula is C35H43N7O2. The number of benzene rings is 2. The van der Waals surface area contributed by atoms with Gasteiger partial charge in [-0.2, -0.15) is 15.2 Å². The summed E-state index contributed by atoms with van der Waals surface area (Å²) in [5.74, 6) is 1.23. The monoisotopic (exact) mass is 593 g/mol. The van der Waals surface area contributed by atoms with Crippen LogP contribution in [0.5, 0.6) is 6.01 Å². The number of nitriles is 1. The zero-order valence-electron chi connectivity index (χ0n) is 26.2. The summed E-state index contributed by atoms with van der Waals surface area (Å²) in [7, 11) is 4.30. The summed E-state index contributed by atoms with van der Waals surface area (Å²) in [5.41, 5.74) is 4.61. The normalized spacial score (nSPS) is 21.8. The summed E-state index contributed by atoms with van der Waals surface area (Å²) in [5, 5.41) is 12.1. The second-order valence-corrected chi connectivity index (χ2v) is 12.7. The van der Waals surface area contributed by atoms with Gasteiger partial charge in [0.2, 0.25) is 5.91 Å². The molecule has 9 nitrogen and oxygen atoms in total. The molecule has 1 aromatic heterocycles. The van der Waals surface area contributed by atoms with Gasteiger partial charge in [-0.1, -0.05) is 36.9 Å². The number of nitrogens with zero attached hydrogens (tertiary/aromatic N) is 7. The standard InChI is InChI=1S/C35H43N7O2/c1-5-32(43)42-19-18-41(21-28(42)14-16-36)34-29-15-17-40(31-11-7-10-26-9-6-8-24(2)33(26)31)22-30(29)37-35(38-34)44-23-25-12-13-27(20-25)39(3)4/h5-11,25,27-28H,1,12-15,17-23H2,2-4H3/t25-,27?,28+/m1/s1. The third-order valence-corrected chi connectivity index (χ3v) is 9.71. The Morgan fingerprint density at radius 1 is 1.14 bits per heavy atom. The Kier molecular flexibility index (Phi) is 8.72. The molecule has 3 atom stereocenters. The van der Waals surface area contributed by atoms with E-state index in [1.165, 1.54) is 34.5 Å². The molecule has 9 heteroatoms. The second-order valence-electron chi connectivity index (χ2n) is 12.7. The van der Waals surface area contributed by atoms with E-state index < -0.39 is 0 Å². The maximum absolute atomic E-state index is 12.6. The van der Waals surface area contributed by atoms with Gasteiger partial charge in [-0.05, 0) is 75.7 Å². The SMILES string of the molecule is C=CC(=O)N1CCN(c2nc(OC[C@@H]3CCC(N(C)C)C3)nc3c2CCN(c2cccc4cccc(C)c24)C3)C[C@@H]1CC#N. The Bertz CT molecular complexity index is 1580. The minimum Gasteiger partial charge on any atom is -0.463 e. The van der Waals surface area contributed by atoms with Crippen LogP contribution in [-0.2, 0) is 17.8 Å². The molecule has 2 fully saturated rings. The van der Waals surface area contributed by atoms with Crippen LogP contribution in [0.4, 0.5) is 11.5 Å². The van der Waals surface area contributed by atoms with Crippen molar-refractivity contribution < 1.29 is 9.53 Å². The first-order valence-corrected chi connectivity index (χ1v) is 15.8. The van der Waals surface area contributed by atoms with E-state index in [-0.39, 0.29) is 18.4 Å². The zero-order chi connectivity index (χ0) is 30.8. The number of aryl methyl sites for hydroxylation is 1. The molecule has 230 valence electrons. The van der Waals surface area contributed by atoms with Crippen molar-refractivity contribution in [1.82, 2.24) is 19.8 Å². The first kappa shape index (κ1) is 29.9. The summed E-state index contributed by atoms with van der Waals surface area (Å²) in [4.78, 5) is 31.4. The molecule has 0 bridgehead atoms. The molecule has 3 heterocycles. The van der Waals surface area contributed by atoms with Crippen LogP contribution in [0.15, 0.2) is 49.1 Å². The lowest BCUT2D eigenvalue weighted by Crippen LogP contribution is -2.55. The Hall–Kier alpha value is -4.16. The van der Waals surface area contributed by atoms with Crippen LogP contribution in [-0.4, -0.2) is 84.6 Å². The van der Waals surface area contributed by atoms with Crippen molar-refractivity contribution in [3.8, 4) is 12.1 Å². The number of aromatic nitrogens is 2. The van der Waals surface area contributed by atoms with E-state index in [1.54, 1.807) is 4.90 Å². The van der Waals surface area contributed by atoms with E-state index in [1.807, 2.05) is 0 Å². The van der Waals surface area contributed by atoms with Crippen LogP contribution >= 0.6 is 0 Å². The van der Waals surface area contributed by atoms with Gasteiger partial charge in [0.05, 0.1) is 37.4 Å². The third kappa shape index (κ3) is 5.96. The Morgan fingerprint density at radius 2 is 1.95 bits per heavy atom. The number of hydrogen-bond donors (Lipinski definition) is 0. The zero-order valence-corrected chi connectivity index (χ0v) is 26.2. The lowest BCUT2D eigenvalue weighted by Gasteiger charge is -2.42. The highest BCUT2D eigenvalue weighted by molar-refractivity contribution is 5.97. The van der Waals surface area contributed by atoms with E-state index in [0.717, 1.165) is 42.9 Å². The predicted octanol–water partition coefficient (Wildman–Crippen LogP) is 4.73. The average molecular weight is 594 g/mol. The predicted molar refractivity (Wildman–Crippen MR) is 174 cm³/mol. The van der Waals surface area contributed by atoms with Gasteiger partial charge in [-0.25, -0.2) is 0 Å². The van der Waals surface area contributed by atoms with Gasteiger partial charge in [0.25, 0.3) is 0 Å². The molecule has 2 aliphatic heterocycles. The minimum atomic E-state index is -0.227. The van der Waals surface area contributed by atoms with E-state index in [0.29, 0.717) is 50.8 Å². The van der Waals surface area contributed by atoms with E-state index in [4.69, 9.17) is 14.7 Å². The molecule has 3 aromatic rings. The van der Waals surface area contributed by atoms with E-state index in [2.05, 4.69) is 84.8 Å². The Labute approximate surface area is 260 Å². The molecule has 2 aromatic carbocycles. The van der Waals surface area contributed by atoms with Crippen molar-refractivity contribution in [2.24, 2.45) is 5.92 Å². The lowest BCUT2D eigenvalue weighted by molar-refractivity contribution is -0.128. The number of anilines is 2. The first-order chi connectivity index (χ1) is 21.4. The summed E-state index contributed by atoms with van der Waals surface area (Å²) in [6.45, 7) is 9.64. The van der Waals surface area contributed by atoms with Crippen molar-refractivity contribution in [2.45, 2.75) is 57.7 Å². The summed E-state index contributed by atoms with van der Waals surface area (Å²) < 4.78 is 6.38. The van der Waals surface area contributed by atoms with Crippen molar-refractivity contribution >= 4 is 28.2 Å². The molecule has 3 aliphatic rings. The van der Waals surface area contributed by atoms with Crippen molar-refractivity contribution in [3.63, 3.8) is 0 Å². The van der Waals surface area contributed by atoms with Gasteiger partial charge in [0.15, 0.2) is 0 Å². The number of piperazine rings is 1. The number of carbonyl (C=O) groups is 1. The van der Waals surface area contributed by atoms with Gasteiger partial charge < -0.3 is 24.3 Å². The maximum atomic E-state index is 12.6. The lowest BCUT2D eigenvalue weighted by atomic mass is 9.99. The molecule has 1 amide bonds. The van der Waals surface area contributed by atoms with Crippen LogP contribution < -0.4 is 14.5 Å². The fraction of sp³-hybridized carbons (Fsp3) is 0.486. The number of ether oxygens (including phenoxy) is 1. The summed E-state index contributed by atoms with van der Waals surface area (Å²) in [6.07, 6.45) is 5.85. The molecule has 6 rings (SSSR count). The summed E-state index contributed by atoms with van der Waals surface area (Å²) >= 11 is 0. The molecule has 1 saturated heterocycles. The number of carbonyl (C=O) groups excluding carboxylic acids is 1. The highest BCUT2D eigenvalue weighted by atomic mass is 16.5. The van der Waals surface area contributed by atoms with Gasteiger partial charge >= 0.3 is 6.01 Å². The Morgan fingerprint density at radius 3 is 2.70 bits per heavy atom. The number of fused-ring (bicyclic) bond motifs is 2. The molecule has 1 unspecified atom stereocenters. The second kappa shape index (κ2) is 12.8. The number of amides is 1. The molecule has 0 radical (unpaired) electrons. The third-order valence-electron chi connectivity index (χ3n) is 9.71.